The van der Waals surface area contributed by atoms with Gasteiger partial charge in [0.1, 0.15) is 23.1 Å². The number of hydrogen-bond acceptors (Lipinski definition) is 5. The molecule has 0 atom stereocenters. The zero-order valence-corrected chi connectivity index (χ0v) is 16.8. The number of carbonyl (C=O) groups is 1. The van der Waals surface area contributed by atoms with E-state index in [-0.39, 0.29) is 17.5 Å². The van der Waals surface area contributed by atoms with Crippen LogP contribution in [0.4, 0.5) is 39.8 Å². The van der Waals surface area contributed by atoms with Gasteiger partial charge in [-0.2, -0.15) is 13.2 Å². The molecule has 2 aromatic carbocycles. The zero-order valence-electron chi connectivity index (χ0n) is 16.8. The van der Waals surface area contributed by atoms with E-state index in [1.54, 1.807) is 29.8 Å². The summed E-state index contributed by atoms with van der Waals surface area (Å²) in [6.07, 6.45) is -4.52. The van der Waals surface area contributed by atoms with Gasteiger partial charge in [0.05, 0.1) is 22.3 Å². The number of anilines is 3. The highest BCUT2D eigenvalue weighted by Crippen LogP contribution is 2.33. The van der Waals surface area contributed by atoms with Gasteiger partial charge in [-0.05, 0) is 36.4 Å². The van der Waals surface area contributed by atoms with Crippen LogP contribution in [0, 0.1) is 5.82 Å². The second-order valence-corrected chi connectivity index (χ2v) is 6.87. The largest absolute Gasteiger partial charge is 0.465 e. The number of carboxylic acid groups (broad SMARTS) is 1. The van der Waals surface area contributed by atoms with E-state index in [2.05, 4.69) is 20.6 Å². The molecule has 170 valence electrons. The molecule has 0 radical (unpaired) electrons. The smallest absolute Gasteiger partial charge is 0.416 e. The molecule has 0 aliphatic rings. The third-order valence-corrected chi connectivity index (χ3v) is 4.59. The van der Waals surface area contributed by atoms with E-state index in [1.807, 2.05) is 0 Å². The minimum absolute atomic E-state index is 0.0773. The third kappa shape index (κ3) is 4.79. The molecule has 4 rings (SSSR count). The fraction of sp³-hybridized carbons (Fsp3) is 0.0952. The van der Waals surface area contributed by atoms with Gasteiger partial charge in [-0.3, -0.25) is 5.32 Å². The second-order valence-electron chi connectivity index (χ2n) is 6.87. The number of ether oxygens (including phenoxy) is 1. The van der Waals surface area contributed by atoms with Crippen molar-refractivity contribution in [2.75, 3.05) is 10.6 Å². The molecule has 2 heterocycles. The Morgan fingerprint density at radius 3 is 2.58 bits per heavy atom. The summed E-state index contributed by atoms with van der Waals surface area (Å²) >= 11 is 0. The Bertz CT molecular complexity index is 1350. The summed E-state index contributed by atoms with van der Waals surface area (Å²) in [5.41, 5.74) is -0.312. The van der Waals surface area contributed by atoms with Crippen molar-refractivity contribution >= 4 is 34.6 Å². The first-order chi connectivity index (χ1) is 15.6. The van der Waals surface area contributed by atoms with Gasteiger partial charge in [-0.15, -0.1) is 0 Å². The summed E-state index contributed by atoms with van der Waals surface area (Å²) in [6.45, 7) is 0. The first-order valence-corrected chi connectivity index (χ1v) is 9.34. The Morgan fingerprint density at radius 1 is 1.09 bits per heavy atom. The lowest BCUT2D eigenvalue weighted by molar-refractivity contribution is -0.137. The number of rotatable bonds is 5. The predicted molar refractivity (Wildman–Crippen MR) is 111 cm³/mol. The number of hydrogen-bond donors (Lipinski definition) is 3. The number of halogens is 4. The predicted octanol–water partition coefficient (Wildman–Crippen LogP) is 5.75. The molecule has 12 heteroatoms. The molecule has 0 fully saturated rings. The third-order valence-electron chi connectivity index (χ3n) is 4.59. The van der Waals surface area contributed by atoms with E-state index >= 15 is 0 Å². The van der Waals surface area contributed by atoms with Gasteiger partial charge in [0.25, 0.3) is 0 Å². The van der Waals surface area contributed by atoms with Crippen LogP contribution in [-0.4, -0.2) is 25.7 Å². The van der Waals surface area contributed by atoms with E-state index in [9.17, 15) is 22.4 Å². The topological polar surface area (TPSA) is 101 Å². The van der Waals surface area contributed by atoms with Gasteiger partial charge >= 0.3 is 12.3 Å². The number of nitrogens with one attached hydrogen (secondary N) is 2. The van der Waals surface area contributed by atoms with Crippen LogP contribution in [0.2, 0.25) is 0 Å². The monoisotopic (exact) mass is 461 g/mol. The fourth-order valence-electron chi connectivity index (χ4n) is 3.06. The van der Waals surface area contributed by atoms with E-state index in [0.29, 0.717) is 34.7 Å². The van der Waals surface area contributed by atoms with Gasteiger partial charge in [0.2, 0.25) is 5.95 Å². The summed E-state index contributed by atoms with van der Waals surface area (Å²) in [6, 6.07) is 9.87. The summed E-state index contributed by atoms with van der Waals surface area (Å²) in [5.74, 6) is 0.0200. The Labute approximate surface area is 183 Å². The van der Waals surface area contributed by atoms with Gasteiger partial charge in [-0.1, -0.05) is 0 Å². The summed E-state index contributed by atoms with van der Waals surface area (Å²) in [7, 11) is 1.62. The van der Waals surface area contributed by atoms with Gasteiger partial charge < -0.3 is 19.7 Å². The average Bonchev–Trinajstić information content (AvgIpc) is 3.03. The summed E-state index contributed by atoms with van der Waals surface area (Å²) in [5, 5.41) is 13.5. The summed E-state index contributed by atoms with van der Waals surface area (Å²) < 4.78 is 60.3. The Hall–Kier alpha value is -4.35. The van der Waals surface area contributed by atoms with Crippen LogP contribution in [0.3, 0.4) is 0 Å². The quantitative estimate of drug-likeness (QED) is 0.327. The number of imidazole rings is 1. The van der Waals surface area contributed by atoms with E-state index in [4.69, 9.17) is 9.84 Å². The number of aromatic nitrogens is 3. The van der Waals surface area contributed by atoms with Crippen LogP contribution in [-0.2, 0) is 13.2 Å². The molecular formula is C21H15F4N5O3. The average molecular weight is 461 g/mol. The maximum atomic E-state index is 14.1. The lowest BCUT2D eigenvalue weighted by Crippen LogP contribution is -2.08. The number of aryl methyl sites for hydroxylation is 1. The highest BCUT2D eigenvalue weighted by Gasteiger charge is 2.31. The molecule has 4 aromatic rings. The lowest BCUT2D eigenvalue weighted by Gasteiger charge is -2.11. The second kappa shape index (κ2) is 8.30. The van der Waals surface area contributed by atoms with E-state index in [0.717, 1.165) is 6.07 Å². The number of alkyl halides is 3. The Morgan fingerprint density at radius 2 is 1.85 bits per heavy atom. The minimum atomic E-state index is -4.62. The van der Waals surface area contributed by atoms with Crippen LogP contribution in [0.25, 0.3) is 11.0 Å². The van der Waals surface area contributed by atoms with Crippen molar-refractivity contribution in [3.63, 3.8) is 0 Å². The van der Waals surface area contributed by atoms with E-state index < -0.39 is 23.7 Å². The number of pyridine rings is 1. The number of amides is 1. The lowest BCUT2D eigenvalue weighted by atomic mass is 10.2. The van der Waals surface area contributed by atoms with Crippen LogP contribution in [0.1, 0.15) is 5.56 Å². The molecule has 0 unspecified atom stereocenters. The minimum Gasteiger partial charge on any atom is -0.465 e. The molecule has 0 spiro atoms. The van der Waals surface area contributed by atoms with Crippen molar-refractivity contribution in [1.29, 1.82) is 0 Å². The van der Waals surface area contributed by atoms with Crippen LogP contribution in [0.15, 0.2) is 54.7 Å². The molecule has 0 saturated carbocycles. The first-order valence-electron chi connectivity index (χ1n) is 9.34. The fourth-order valence-corrected chi connectivity index (χ4v) is 3.06. The van der Waals surface area contributed by atoms with Crippen molar-refractivity contribution in [1.82, 2.24) is 14.5 Å². The van der Waals surface area contributed by atoms with E-state index in [1.165, 1.54) is 18.3 Å². The molecule has 3 N–H and O–H groups in total. The Balaban J connectivity index is 1.61. The molecule has 33 heavy (non-hydrogen) atoms. The van der Waals surface area contributed by atoms with Crippen molar-refractivity contribution in [2.45, 2.75) is 6.18 Å². The molecular weight excluding hydrogens is 446 g/mol. The van der Waals surface area contributed by atoms with Crippen LogP contribution in [0.5, 0.6) is 11.5 Å². The molecule has 1 amide bonds. The molecule has 2 aromatic heterocycles. The molecule has 0 bridgehead atoms. The normalized spacial score (nSPS) is 11.4. The molecule has 8 nitrogen and oxygen atoms in total. The highest BCUT2D eigenvalue weighted by atomic mass is 19.4. The van der Waals surface area contributed by atoms with Gasteiger partial charge in [0.15, 0.2) is 0 Å². The maximum Gasteiger partial charge on any atom is 0.416 e. The molecule has 0 aliphatic carbocycles. The standard InChI is InChI=1S/C21H15F4N5O3/c1-30-17-5-3-12(33-13-6-7-26-18(10-13)29-20(31)32)9-16(17)28-19(30)27-15-8-11(21(23,24)25)2-4-14(15)22/h2-10H,1H3,(H,26,29)(H,27,28)(H,31,32). The molecule has 0 aliphatic heterocycles. The maximum absolute atomic E-state index is 14.1. The number of fused-ring (bicyclic) bond motifs is 1. The SMILES string of the molecule is Cn1c(Nc2cc(C(F)(F)F)ccc2F)nc2cc(Oc3ccnc(NC(=O)O)c3)ccc21. The summed E-state index contributed by atoms with van der Waals surface area (Å²) in [4.78, 5) is 18.9. The number of nitrogens with zero attached hydrogens (tertiary/aromatic N) is 3. The van der Waals surface area contributed by atoms with Crippen LogP contribution < -0.4 is 15.4 Å². The van der Waals surface area contributed by atoms with Crippen molar-refractivity contribution < 1.29 is 32.2 Å². The van der Waals surface area contributed by atoms with Crippen molar-refractivity contribution in [2.24, 2.45) is 7.05 Å². The van der Waals surface area contributed by atoms with Gasteiger partial charge in [-0.25, -0.2) is 19.2 Å². The Kier molecular flexibility index (Phi) is 5.50. The molecule has 0 saturated heterocycles. The van der Waals surface area contributed by atoms with Crippen molar-refractivity contribution in [3.05, 3.63) is 66.1 Å². The number of benzene rings is 2. The first kappa shape index (κ1) is 21.9. The van der Waals surface area contributed by atoms with Crippen molar-refractivity contribution in [3.8, 4) is 11.5 Å². The zero-order chi connectivity index (χ0) is 23.8. The highest BCUT2D eigenvalue weighted by molar-refractivity contribution is 5.82. The van der Waals surface area contributed by atoms with Gasteiger partial charge in [0, 0.05) is 25.4 Å². The van der Waals surface area contributed by atoms with Crippen LogP contribution >= 0.6 is 0 Å².